The van der Waals surface area contributed by atoms with Gasteiger partial charge >= 0.3 is 0 Å². The zero-order valence-corrected chi connectivity index (χ0v) is 20.7. The minimum Gasteiger partial charge on any atom is -0.489 e. The Morgan fingerprint density at radius 1 is 1.03 bits per heavy atom. The Hall–Kier alpha value is -4.35. The van der Waals surface area contributed by atoms with Gasteiger partial charge in [0.2, 0.25) is 0 Å². The molecule has 0 saturated carbocycles. The molecule has 0 spiro atoms. The first-order valence-corrected chi connectivity index (χ1v) is 12.4. The van der Waals surface area contributed by atoms with E-state index in [1.807, 2.05) is 30.3 Å². The Kier molecular flexibility index (Phi) is 7.33. The zero-order valence-electron chi connectivity index (χ0n) is 20.7. The quantitative estimate of drug-likeness (QED) is 0.382. The van der Waals surface area contributed by atoms with E-state index in [0.29, 0.717) is 42.0 Å². The normalized spacial score (nSPS) is 15.7. The Morgan fingerprint density at radius 2 is 1.84 bits per heavy atom. The van der Waals surface area contributed by atoms with Crippen LogP contribution >= 0.6 is 0 Å². The summed E-state index contributed by atoms with van der Waals surface area (Å²) in [5.41, 5.74) is 3.51. The van der Waals surface area contributed by atoms with Crippen LogP contribution in [-0.2, 0) is 6.54 Å². The van der Waals surface area contributed by atoms with Crippen LogP contribution in [0.25, 0.3) is 22.6 Å². The third kappa shape index (κ3) is 5.90. The summed E-state index contributed by atoms with van der Waals surface area (Å²) in [5.74, 6) is 1.25. The van der Waals surface area contributed by atoms with Crippen molar-refractivity contribution in [1.82, 2.24) is 24.6 Å². The van der Waals surface area contributed by atoms with Gasteiger partial charge in [-0.1, -0.05) is 36.8 Å². The second kappa shape index (κ2) is 11.1. The fraction of sp³-hybridized carbons (Fsp3) is 0.276. The summed E-state index contributed by atoms with van der Waals surface area (Å²) in [6.45, 7) is 2.05. The van der Waals surface area contributed by atoms with Gasteiger partial charge in [-0.25, -0.2) is 14.6 Å². The Bertz CT molecular complexity index is 1470. The molecule has 8 nitrogen and oxygen atoms in total. The van der Waals surface area contributed by atoms with Crippen molar-refractivity contribution in [2.24, 2.45) is 0 Å². The molecule has 5 rings (SSSR count). The van der Waals surface area contributed by atoms with Crippen LogP contribution in [-0.4, -0.2) is 50.9 Å². The average molecular weight is 493 g/mol. The van der Waals surface area contributed by atoms with Crippen LogP contribution in [0.2, 0.25) is 0 Å². The van der Waals surface area contributed by atoms with Crippen molar-refractivity contribution in [1.29, 1.82) is 5.26 Å². The van der Waals surface area contributed by atoms with E-state index < -0.39 is 0 Å². The number of nitriles is 1. The summed E-state index contributed by atoms with van der Waals surface area (Å²) in [5, 5.41) is 13.7. The summed E-state index contributed by atoms with van der Waals surface area (Å²) in [6, 6.07) is 20.7. The maximum Gasteiger partial charge on any atom is 0.267 e. The van der Waals surface area contributed by atoms with Gasteiger partial charge in [0.15, 0.2) is 11.6 Å². The first-order chi connectivity index (χ1) is 18.1. The first kappa shape index (κ1) is 24.3. The van der Waals surface area contributed by atoms with Crippen LogP contribution in [0, 0.1) is 11.3 Å². The third-order valence-electron chi connectivity index (χ3n) is 6.66. The molecule has 2 aromatic carbocycles. The highest BCUT2D eigenvalue weighted by molar-refractivity contribution is 5.60. The van der Waals surface area contributed by atoms with Gasteiger partial charge in [0.25, 0.3) is 5.56 Å². The third-order valence-corrected chi connectivity index (χ3v) is 6.66. The van der Waals surface area contributed by atoms with E-state index in [2.05, 4.69) is 33.1 Å². The zero-order chi connectivity index (χ0) is 25.6. The van der Waals surface area contributed by atoms with Gasteiger partial charge in [-0.05, 0) is 56.3 Å². The van der Waals surface area contributed by atoms with Gasteiger partial charge in [0, 0.05) is 23.2 Å². The topological polar surface area (TPSA) is 96.9 Å². The Morgan fingerprint density at radius 3 is 2.65 bits per heavy atom. The summed E-state index contributed by atoms with van der Waals surface area (Å²) in [7, 11) is 2.14. The number of rotatable bonds is 7. The average Bonchev–Trinajstić information content (AvgIpc) is 2.94. The van der Waals surface area contributed by atoms with Crippen molar-refractivity contribution in [3.8, 4) is 34.5 Å². The van der Waals surface area contributed by atoms with Crippen molar-refractivity contribution in [2.75, 3.05) is 20.2 Å². The van der Waals surface area contributed by atoms with Gasteiger partial charge in [0.1, 0.15) is 6.61 Å². The minimum absolute atomic E-state index is 0.202. The minimum atomic E-state index is -0.202. The van der Waals surface area contributed by atoms with Crippen molar-refractivity contribution in [2.45, 2.75) is 31.8 Å². The summed E-state index contributed by atoms with van der Waals surface area (Å²) in [4.78, 5) is 23.9. The number of piperidine rings is 1. The van der Waals surface area contributed by atoms with Crippen LogP contribution < -0.4 is 10.3 Å². The fourth-order valence-electron chi connectivity index (χ4n) is 4.53. The largest absolute Gasteiger partial charge is 0.489 e. The molecule has 2 aromatic heterocycles. The maximum absolute atomic E-state index is 12.5. The summed E-state index contributed by atoms with van der Waals surface area (Å²) in [6.07, 6.45) is 7.06. The summed E-state index contributed by atoms with van der Waals surface area (Å²) >= 11 is 0. The lowest BCUT2D eigenvalue weighted by molar-refractivity contribution is 0.124. The molecule has 0 radical (unpaired) electrons. The van der Waals surface area contributed by atoms with E-state index >= 15 is 0 Å². The van der Waals surface area contributed by atoms with Gasteiger partial charge in [-0.15, -0.1) is 0 Å². The lowest BCUT2D eigenvalue weighted by Crippen LogP contribution is -2.40. The number of aromatic nitrogens is 4. The molecule has 186 valence electrons. The molecule has 1 aliphatic heterocycles. The first-order valence-electron chi connectivity index (χ1n) is 12.4. The molecule has 0 aliphatic carbocycles. The highest BCUT2D eigenvalue weighted by atomic mass is 16.5. The van der Waals surface area contributed by atoms with Crippen molar-refractivity contribution < 1.29 is 4.74 Å². The lowest BCUT2D eigenvalue weighted by Gasteiger charge is -2.32. The van der Waals surface area contributed by atoms with Gasteiger partial charge in [-0.3, -0.25) is 4.79 Å². The lowest BCUT2D eigenvalue weighted by atomic mass is 10.0. The Balaban J connectivity index is 1.29. The molecule has 1 aliphatic rings. The van der Waals surface area contributed by atoms with Gasteiger partial charge < -0.3 is 9.64 Å². The molecular formula is C29H28N6O2. The second-order valence-electron chi connectivity index (χ2n) is 9.29. The van der Waals surface area contributed by atoms with E-state index in [0.717, 1.165) is 29.7 Å². The van der Waals surface area contributed by atoms with Crippen LogP contribution in [0.4, 0.5) is 0 Å². The standard InChI is InChI=1S/C29H28N6O2/c1-34-13-3-2-10-25(34)20-37-26-17-31-29(32-18-26)24-9-5-7-22(15-24)19-35-28(36)12-11-27(33-35)23-8-4-6-21(14-23)16-30/h4-9,11-12,14-15,17-18,25H,2-3,10,13,19-20H2,1H3. The molecule has 37 heavy (non-hydrogen) atoms. The predicted octanol–water partition coefficient (Wildman–Crippen LogP) is 4.15. The number of hydrogen-bond donors (Lipinski definition) is 0. The second-order valence-corrected chi connectivity index (χ2v) is 9.29. The maximum atomic E-state index is 12.5. The van der Waals surface area contributed by atoms with E-state index in [9.17, 15) is 10.1 Å². The predicted molar refractivity (Wildman–Crippen MR) is 141 cm³/mol. The molecule has 0 N–H and O–H groups in total. The number of nitrogens with zero attached hydrogens (tertiary/aromatic N) is 6. The highest BCUT2D eigenvalue weighted by Gasteiger charge is 2.19. The molecule has 8 heteroatoms. The van der Waals surface area contributed by atoms with Crippen LogP contribution in [0.3, 0.4) is 0 Å². The monoisotopic (exact) mass is 492 g/mol. The molecule has 3 heterocycles. The van der Waals surface area contributed by atoms with Gasteiger partial charge in [-0.2, -0.15) is 10.4 Å². The molecule has 4 aromatic rings. The van der Waals surface area contributed by atoms with Crippen LogP contribution in [0.15, 0.2) is 77.9 Å². The SMILES string of the molecule is CN1CCCCC1COc1cnc(-c2cccc(Cn3nc(-c4cccc(C#N)c4)ccc3=O)c2)nc1. The van der Waals surface area contributed by atoms with Crippen molar-refractivity contribution in [3.63, 3.8) is 0 Å². The summed E-state index contributed by atoms with van der Waals surface area (Å²) < 4.78 is 7.38. The Labute approximate surface area is 215 Å². The number of likely N-dealkylation sites (N-methyl/N-ethyl adjacent to an activating group) is 1. The molecule has 1 atom stereocenters. The molecular weight excluding hydrogens is 464 g/mol. The number of hydrogen-bond acceptors (Lipinski definition) is 7. The van der Waals surface area contributed by atoms with E-state index in [4.69, 9.17) is 4.74 Å². The smallest absolute Gasteiger partial charge is 0.267 e. The molecule has 1 unspecified atom stereocenters. The number of benzene rings is 2. The highest BCUT2D eigenvalue weighted by Crippen LogP contribution is 2.21. The van der Waals surface area contributed by atoms with E-state index in [1.165, 1.54) is 23.6 Å². The van der Waals surface area contributed by atoms with Crippen molar-refractivity contribution in [3.05, 3.63) is 94.5 Å². The molecule has 1 fully saturated rings. The van der Waals surface area contributed by atoms with Crippen LogP contribution in [0.5, 0.6) is 5.75 Å². The fourth-order valence-corrected chi connectivity index (χ4v) is 4.53. The molecule has 1 saturated heterocycles. The molecule has 0 amide bonds. The number of likely N-dealkylation sites (tertiary alicyclic amines) is 1. The number of ether oxygens (including phenoxy) is 1. The van der Waals surface area contributed by atoms with Crippen molar-refractivity contribution >= 4 is 0 Å². The van der Waals surface area contributed by atoms with Crippen LogP contribution in [0.1, 0.15) is 30.4 Å². The van der Waals surface area contributed by atoms with E-state index in [-0.39, 0.29) is 5.56 Å². The van der Waals surface area contributed by atoms with Gasteiger partial charge in [0.05, 0.1) is 36.3 Å². The molecule has 0 bridgehead atoms. The van der Waals surface area contributed by atoms with E-state index in [1.54, 1.807) is 36.7 Å².